The highest BCUT2D eigenvalue weighted by molar-refractivity contribution is 6.04. The van der Waals surface area contributed by atoms with Crippen LogP contribution < -0.4 is 11.4 Å². The minimum absolute atomic E-state index is 0.0864. The lowest BCUT2D eigenvalue weighted by atomic mass is 10.0. The SMILES string of the molecule is CCn1c(=O)n(C)c2ncc(-c3ccc4ncc5c(c4c3)n(-c3cn(C)nc3C)c(=O)n5C)cc21. The maximum atomic E-state index is 13.3. The number of fused-ring (bicyclic) bond motifs is 4. The Hall–Kier alpha value is -4.47. The fourth-order valence-electron chi connectivity index (χ4n) is 4.95. The van der Waals surface area contributed by atoms with Crippen molar-refractivity contribution in [3.05, 3.63) is 69.5 Å². The second-order valence-corrected chi connectivity index (χ2v) is 8.83. The van der Waals surface area contributed by atoms with Crippen molar-refractivity contribution in [2.75, 3.05) is 0 Å². The highest BCUT2D eigenvalue weighted by Crippen LogP contribution is 2.31. The second-order valence-electron chi connectivity index (χ2n) is 8.83. The van der Waals surface area contributed by atoms with Crippen LogP contribution in [0.1, 0.15) is 12.6 Å². The van der Waals surface area contributed by atoms with Gasteiger partial charge in [-0.15, -0.1) is 0 Å². The van der Waals surface area contributed by atoms with E-state index < -0.39 is 0 Å². The molecule has 176 valence electrons. The summed E-state index contributed by atoms with van der Waals surface area (Å²) in [5.74, 6) is 0. The molecule has 0 aliphatic carbocycles. The summed E-state index contributed by atoms with van der Waals surface area (Å²) in [6, 6.07) is 7.96. The Kier molecular flexibility index (Phi) is 4.38. The smallest absolute Gasteiger partial charge is 0.293 e. The number of rotatable bonds is 3. The predicted molar refractivity (Wildman–Crippen MR) is 135 cm³/mol. The van der Waals surface area contributed by atoms with E-state index in [0.29, 0.717) is 12.2 Å². The first-order chi connectivity index (χ1) is 16.8. The third-order valence-electron chi connectivity index (χ3n) is 6.73. The van der Waals surface area contributed by atoms with Crippen LogP contribution in [0.5, 0.6) is 0 Å². The first kappa shape index (κ1) is 21.1. The number of benzene rings is 1. The lowest BCUT2D eigenvalue weighted by Gasteiger charge is -2.08. The van der Waals surface area contributed by atoms with Gasteiger partial charge in [0.25, 0.3) is 0 Å². The number of hydrogen-bond donors (Lipinski definition) is 0. The van der Waals surface area contributed by atoms with Gasteiger partial charge in [-0.3, -0.25) is 27.9 Å². The molecule has 6 aromatic rings. The minimum atomic E-state index is -0.157. The molecule has 0 bridgehead atoms. The van der Waals surface area contributed by atoms with Crippen LogP contribution in [0.2, 0.25) is 0 Å². The minimum Gasteiger partial charge on any atom is -0.293 e. The van der Waals surface area contributed by atoms with Crippen molar-refractivity contribution in [3.63, 3.8) is 0 Å². The number of pyridine rings is 2. The third kappa shape index (κ3) is 2.86. The van der Waals surface area contributed by atoms with Gasteiger partial charge in [0.05, 0.1) is 39.6 Å². The number of hydrogen-bond acceptors (Lipinski definition) is 5. The Balaban J connectivity index is 1.67. The number of aromatic nitrogens is 8. The van der Waals surface area contributed by atoms with Crippen LogP contribution in [0.3, 0.4) is 0 Å². The summed E-state index contributed by atoms with van der Waals surface area (Å²) in [7, 11) is 5.32. The Labute approximate surface area is 199 Å². The number of nitrogens with zero attached hydrogens (tertiary/aromatic N) is 8. The van der Waals surface area contributed by atoms with Gasteiger partial charge < -0.3 is 0 Å². The molecular formula is C25H24N8O2. The zero-order valence-electron chi connectivity index (χ0n) is 20.1. The lowest BCUT2D eigenvalue weighted by Crippen LogP contribution is -2.21. The van der Waals surface area contributed by atoms with Crippen molar-refractivity contribution < 1.29 is 0 Å². The van der Waals surface area contributed by atoms with Crippen LogP contribution in [0, 0.1) is 6.92 Å². The molecule has 0 spiro atoms. The average molecular weight is 469 g/mol. The van der Waals surface area contributed by atoms with Crippen LogP contribution in [-0.4, -0.2) is 38.0 Å². The normalized spacial score (nSPS) is 11.9. The molecule has 0 atom stereocenters. The lowest BCUT2D eigenvalue weighted by molar-refractivity contribution is 0.711. The molecule has 6 rings (SSSR count). The molecule has 1 aromatic carbocycles. The zero-order chi connectivity index (χ0) is 24.6. The summed E-state index contributed by atoms with van der Waals surface area (Å²) >= 11 is 0. The fourth-order valence-corrected chi connectivity index (χ4v) is 4.95. The molecule has 5 aromatic heterocycles. The van der Waals surface area contributed by atoms with Crippen LogP contribution >= 0.6 is 0 Å². The van der Waals surface area contributed by atoms with Crippen molar-refractivity contribution in [2.45, 2.75) is 20.4 Å². The van der Waals surface area contributed by atoms with E-state index in [1.165, 1.54) is 0 Å². The molecule has 35 heavy (non-hydrogen) atoms. The van der Waals surface area contributed by atoms with Crippen LogP contribution in [0.15, 0.2) is 52.4 Å². The van der Waals surface area contributed by atoms with E-state index in [1.54, 1.807) is 49.4 Å². The van der Waals surface area contributed by atoms with Crippen molar-refractivity contribution >= 4 is 33.1 Å². The summed E-state index contributed by atoms with van der Waals surface area (Å²) in [6.45, 7) is 4.40. The zero-order valence-corrected chi connectivity index (χ0v) is 20.1. The van der Waals surface area contributed by atoms with Gasteiger partial charge in [-0.2, -0.15) is 5.10 Å². The maximum absolute atomic E-state index is 13.3. The summed E-state index contributed by atoms with van der Waals surface area (Å²) in [6.07, 6.45) is 5.36. The topological polar surface area (TPSA) is 97.5 Å². The third-order valence-corrected chi connectivity index (χ3v) is 6.73. The van der Waals surface area contributed by atoms with Gasteiger partial charge in [0.15, 0.2) is 5.65 Å². The molecule has 0 aliphatic heterocycles. The number of imidazole rings is 2. The van der Waals surface area contributed by atoms with Gasteiger partial charge in [0, 0.05) is 51.0 Å². The van der Waals surface area contributed by atoms with Gasteiger partial charge in [-0.25, -0.2) is 14.6 Å². The molecule has 0 amide bonds. The van der Waals surface area contributed by atoms with Crippen molar-refractivity contribution in [1.82, 2.24) is 38.0 Å². The molecule has 0 saturated heterocycles. The monoisotopic (exact) mass is 468 g/mol. The van der Waals surface area contributed by atoms with E-state index in [0.717, 1.165) is 50.0 Å². The van der Waals surface area contributed by atoms with Gasteiger partial charge >= 0.3 is 11.4 Å². The Morgan fingerprint density at radius 1 is 0.886 bits per heavy atom. The highest BCUT2D eigenvalue weighted by Gasteiger charge is 2.19. The van der Waals surface area contributed by atoms with E-state index in [1.807, 2.05) is 51.4 Å². The Morgan fingerprint density at radius 3 is 2.40 bits per heavy atom. The largest absolute Gasteiger partial charge is 0.333 e. The Bertz CT molecular complexity index is 1930. The quantitative estimate of drug-likeness (QED) is 0.398. The molecule has 0 unspecified atom stereocenters. The van der Waals surface area contributed by atoms with Gasteiger partial charge in [0.2, 0.25) is 0 Å². The summed E-state index contributed by atoms with van der Waals surface area (Å²) < 4.78 is 8.30. The number of aryl methyl sites for hydroxylation is 5. The van der Waals surface area contributed by atoms with E-state index >= 15 is 0 Å². The van der Waals surface area contributed by atoms with E-state index in [9.17, 15) is 9.59 Å². The molecule has 5 heterocycles. The second kappa shape index (κ2) is 7.26. The molecule has 10 heteroatoms. The van der Waals surface area contributed by atoms with Crippen LogP contribution in [0.4, 0.5) is 0 Å². The van der Waals surface area contributed by atoms with E-state index in [2.05, 4.69) is 15.1 Å². The van der Waals surface area contributed by atoms with E-state index in [4.69, 9.17) is 0 Å². The Morgan fingerprint density at radius 2 is 1.69 bits per heavy atom. The molecule has 0 fully saturated rings. The summed E-state index contributed by atoms with van der Waals surface area (Å²) in [5, 5.41) is 5.29. The molecule has 0 aliphatic rings. The van der Waals surface area contributed by atoms with Gasteiger partial charge in [0.1, 0.15) is 0 Å². The molecule has 0 saturated carbocycles. The first-order valence-corrected chi connectivity index (χ1v) is 11.4. The molecular weight excluding hydrogens is 444 g/mol. The summed E-state index contributed by atoms with van der Waals surface area (Å²) in [4.78, 5) is 35.1. The van der Waals surface area contributed by atoms with Crippen LogP contribution in [-0.2, 0) is 27.7 Å². The summed E-state index contributed by atoms with van der Waals surface area (Å²) in [5.41, 5.74) is 6.79. The predicted octanol–water partition coefficient (Wildman–Crippen LogP) is 2.65. The van der Waals surface area contributed by atoms with Crippen LogP contribution in [0.25, 0.3) is 49.9 Å². The molecule has 0 radical (unpaired) electrons. The average Bonchev–Trinajstić information content (AvgIpc) is 3.41. The highest BCUT2D eigenvalue weighted by atomic mass is 16.2. The first-order valence-electron chi connectivity index (χ1n) is 11.4. The van der Waals surface area contributed by atoms with Crippen molar-refractivity contribution in [2.24, 2.45) is 21.1 Å². The molecule has 0 N–H and O–H groups in total. The van der Waals surface area contributed by atoms with E-state index in [-0.39, 0.29) is 11.4 Å². The van der Waals surface area contributed by atoms with Gasteiger partial charge in [-0.1, -0.05) is 6.07 Å². The maximum Gasteiger partial charge on any atom is 0.333 e. The van der Waals surface area contributed by atoms with Gasteiger partial charge in [-0.05, 0) is 37.6 Å². The van der Waals surface area contributed by atoms with Crippen molar-refractivity contribution in [3.8, 4) is 16.8 Å². The van der Waals surface area contributed by atoms with Crippen molar-refractivity contribution in [1.29, 1.82) is 0 Å². The molecule has 10 nitrogen and oxygen atoms in total. The standard InChI is InChI=1S/C25H24N8O2/c1-6-32-19-10-16(11-27-23(19)31(5)24(32)34)15-7-8-18-17(9-15)22-20(12-26-18)30(4)25(35)33(22)21-13-29(3)28-14(21)2/h7-13H,6H2,1-5H3. The fraction of sp³-hybridized carbons (Fsp3) is 0.240.